The van der Waals surface area contributed by atoms with Crippen molar-refractivity contribution >= 4 is 11.4 Å². The monoisotopic (exact) mass is 486 g/mol. The van der Waals surface area contributed by atoms with Gasteiger partial charge in [0.1, 0.15) is 5.52 Å². The Balaban J connectivity index is 1.29. The third kappa shape index (κ3) is 4.46. The molecular weight excluding hydrogens is 456 g/mol. The average Bonchev–Trinajstić information content (AvgIpc) is 3.29. The zero-order chi connectivity index (χ0) is 25.2. The number of carbonyl (C=O) groups excluding carboxylic acids is 1. The molecule has 4 aromatic rings. The predicted octanol–water partition coefficient (Wildman–Crippen LogP) is 3.93. The molecule has 0 saturated heterocycles. The SMILES string of the molecule is COc1ccc([C@H](C)NC(=O)c2ccc(Cn3ccn4nc5c(c4c3=O)CCCC5)cc2)cc1OC. The van der Waals surface area contributed by atoms with E-state index in [1.54, 1.807) is 41.6 Å². The molecule has 8 heteroatoms. The van der Waals surface area contributed by atoms with Gasteiger partial charge in [0.05, 0.1) is 32.5 Å². The van der Waals surface area contributed by atoms with Gasteiger partial charge in [-0.1, -0.05) is 18.2 Å². The summed E-state index contributed by atoms with van der Waals surface area (Å²) in [7, 11) is 3.17. The summed E-state index contributed by atoms with van der Waals surface area (Å²) in [6.45, 7) is 2.35. The molecule has 1 N–H and O–H groups in total. The van der Waals surface area contributed by atoms with Crippen molar-refractivity contribution in [2.24, 2.45) is 0 Å². The third-order valence-corrected chi connectivity index (χ3v) is 6.86. The van der Waals surface area contributed by atoms with Gasteiger partial charge in [-0.05, 0) is 68.0 Å². The zero-order valence-electron chi connectivity index (χ0n) is 20.8. The number of methoxy groups -OCH3 is 2. The van der Waals surface area contributed by atoms with Gasteiger partial charge in [0.2, 0.25) is 0 Å². The van der Waals surface area contributed by atoms with Gasteiger partial charge < -0.3 is 19.4 Å². The second-order valence-corrected chi connectivity index (χ2v) is 9.16. The molecular formula is C28H30N4O4. The van der Waals surface area contributed by atoms with Crippen molar-refractivity contribution < 1.29 is 14.3 Å². The summed E-state index contributed by atoms with van der Waals surface area (Å²) in [5.41, 5.74) is 5.21. The number of carbonyl (C=O) groups is 1. The largest absolute Gasteiger partial charge is 0.493 e. The third-order valence-electron chi connectivity index (χ3n) is 6.86. The Hall–Kier alpha value is -4.07. The normalized spacial score (nSPS) is 13.8. The van der Waals surface area contributed by atoms with E-state index in [0.717, 1.165) is 48.1 Å². The molecule has 1 aliphatic carbocycles. The molecule has 0 radical (unpaired) electrons. The van der Waals surface area contributed by atoms with Crippen molar-refractivity contribution in [1.82, 2.24) is 19.5 Å². The van der Waals surface area contributed by atoms with E-state index in [0.29, 0.717) is 29.1 Å². The maximum absolute atomic E-state index is 13.2. The molecule has 2 heterocycles. The van der Waals surface area contributed by atoms with Crippen LogP contribution >= 0.6 is 0 Å². The maximum Gasteiger partial charge on any atom is 0.277 e. The number of nitrogens with one attached hydrogen (secondary N) is 1. The zero-order valence-corrected chi connectivity index (χ0v) is 20.8. The average molecular weight is 487 g/mol. The van der Waals surface area contributed by atoms with Crippen LogP contribution < -0.4 is 20.3 Å². The second kappa shape index (κ2) is 9.89. The molecule has 2 aromatic carbocycles. The Labute approximate surface area is 209 Å². The van der Waals surface area contributed by atoms with E-state index < -0.39 is 0 Å². The van der Waals surface area contributed by atoms with Gasteiger partial charge in [-0.25, -0.2) is 4.52 Å². The van der Waals surface area contributed by atoms with E-state index in [1.807, 2.05) is 43.5 Å². The minimum Gasteiger partial charge on any atom is -0.493 e. The number of ether oxygens (including phenoxy) is 2. The van der Waals surface area contributed by atoms with Crippen molar-refractivity contribution in [3.05, 3.63) is 93.2 Å². The highest BCUT2D eigenvalue weighted by Gasteiger charge is 2.20. The number of benzene rings is 2. The molecule has 1 aliphatic rings. The maximum atomic E-state index is 13.2. The number of hydrogen-bond donors (Lipinski definition) is 1. The molecule has 0 aliphatic heterocycles. The van der Waals surface area contributed by atoms with Crippen molar-refractivity contribution in [1.29, 1.82) is 0 Å². The molecule has 0 saturated carbocycles. The minimum absolute atomic E-state index is 0.0290. The van der Waals surface area contributed by atoms with Gasteiger partial charge >= 0.3 is 0 Å². The van der Waals surface area contributed by atoms with Crippen LogP contribution in [0.4, 0.5) is 0 Å². The first-order valence-corrected chi connectivity index (χ1v) is 12.2. The van der Waals surface area contributed by atoms with Crippen LogP contribution in [0.2, 0.25) is 0 Å². The first-order valence-electron chi connectivity index (χ1n) is 12.2. The number of aromatic nitrogens is 3. The summed E-state index contributed by atoms with van der Waals surface area (Å²) >= 11 is 0. The van der Waals surface area contributed by atoms with Gasteiger partial charge in [-0.3, -0.25) is 9.59 Å². The van der Waals surface area contributed by atoms with E-state index in [9.17, 15) is 9.59 Å². The molecule has 186 valence electrons. The Bertz CT molecular complexity index is 1470. The topological polar surface area (TPSA) is 86.9 Å². The van der Waals surface area contributed by atoms with Gasteiger partial charge in [-0.15, -0.1) is 0 Å². The Morgan fingerprint density at radius 1 is 1.03 bits per heavy atom. The van der Waals surface area contributed by atoms with E-state index in [-0.39, 0.29) is 17.5 Å². The number of nitrogens with zero attached hydrogens (tertiary/aromatic N) is 3. The van der Waals surface area contributed by atoms with Crippen LogP contribution in [0.5, 0.6) is 11.5 Å². The van der Waals surface area contributed by atoms with Crippen LogP contribution in [-0.2, 0) is 19.4 Å². The van der Waals surface area contributed by atoms with Crippen LogP contribution in [0.3, 0.4) is 0 Å². The van der Waals surface area contributed by atoms with Crippen LogP contribution in [-0.4, -0.2) is 34.3 Å². The fraction of sp³-hybridized carbons (Fsp3) is 0.321. The number of hydrogen-bond acceptors (Lipinski definition) is 5. The molecule has 2 aromatic heterocycles. The number of amides is 1. The highest BCUT2D eigenvalue weighted by molar-refractivity contribution is 5.94. The molecule has 1 atom stereocenters. The lowest BCUT2D eigenvalue weighted by molar-refractivity contribution is 0.0940. The quantitative estimate of drug-likeness (QED) is 0.428. The lowest BCUT2D eigenvalue weighted by Gasteiger charge is -2.17. The number of aryl methyl sites for hydroxylation is 2. The van der Waals surface area contributed by atoms with Crippen molar-refractivity contribution in [3.8, 4) is 11.5 Å². The van der Waals surface area contributed by atoms with Gasteiger partial charge in [0.15, 0.2) is 11.5 Å². The smallest absolute Gasteiger partial charge is 0.277 e. The highest BCUT2D eigenvalue weighted by atomic mass is 16.5. The van der Waals surface area contributed by atoms with Gasteiger partial charge in [-0.2, -0.15) is 5.10 Å². The van der Waals surface area contributed by atoms with E-state index in [1.165, 1.54) is 0 Å². The minimum atomic E-state index is -0.219. The lowest BCUT2D eigenvalue weighted by Crippen LogP contribution is -2.26. The summed E-state index contributed by atoms with van der Waals surface area (Å²) < 4.78 is 14.1. The van der Waals surface area contributed by atoms with E-state index in [4.69, 9.17) is 9.47 Å². The molecule has 1 amide bonds. The second-order valence-electron chi connectivity index (χ2n) is 9.16. The summed E-state index contributed by atoms with van der Waals surface area (Å²) in [5, 5.41) is 7.63. The molecule has 0 spiro atoms. The molecule has 36 heavy (non-hydrogen) atoms. The molecule has 8 nitrogen and oxygen atoms in total. The Morgan fingerprint density at radius 2 is 1.78 bits per heavy atom. The number of rotatable bonds is 7. The van der Waals surface area contributed by atoms with E-state index >= 15 is 0 Å². The van der Waals surface area contributed by atoms with E-state index in [2.05, 4.69) is 10.4 Å². The lowest BCUT2D eigenvalue weighted by atomic mass is 9.97. The first kappa shape index (κ1) is 23.7. The van der Waals surface area contributed by atoms with Crippen molar-refractivity contribution in [2.45, 2.75) is 45.2 Å². The van der Waals surface area contributed by atoms with Crippen molar-refractivity contribution in [3.63, 3.8) is 0 Å². The Morgan fingerprint density at radius 3 is 2.53 bits per heavy atom. The Kier molecular flexibility index (Phi) is 6.50. The molecule has 0 bridgehead atoms. The van der Waals surface area contributed by atoms with Crippen LogP contribution in [0, 0.1) is 0 Å². The van der Waals surface area contributed by atoms with Crippen LogP contribution in [0.1, 0.15) is 58.5 Å². The van der Waals surface area contributed by atoms with Gasteiger partial charge in [0.25, 0.3) is 11.5 Å². The highest BCUT2D eigenvalue weighted by Crippen LogP contribution is 2.30. The fourth-order valence-electron chi connectivity index (χ4n) is 4.82. The van der Waals surface area contributed by atoms with Crippen LogP contribution in [0.25, 0.3) is 5.52 Å². The summed E-state index contributed by atoms with van der Waals surface area (Å²) in [4.78, 5) is 26.1. The molecule has 5 rings (SSSR count). The van der Waals surface area contributed by atoms with Gasteiger partial charge in [0, 0.05) is 23.5 Å². The summed E-state index contributed by atoms with van der Waals surface area (Å²) in [6, 6.07) is 12.7. The fourth-order valence-corrected chi connectivity index (χ4v) is 4.82. The summed E-state index contributed by atoms with van der Waals surface area (Å²) in [5.74, 6) is 1.08. The standard InChI is InChI=1S/C28H30N4O4/c1-18(21-12-13-24(35-2)25(16-21)36-3)29-27(33)20-10-8-19(9-11-20)17-31-14-15-32-26(28(31)34)22-6-4-5-7-23(22)30-32/h8-16,18H,4-7,17H2,1-3H3,(H,29,33)/t18-/m0/s1. The predicted molar refractivity (Wildman–Crippen MR) is 137 cm³/mol. The van der Waals surface area contributed by atoms with Crippen molar-refractivity contribution in [2.75, 3.05) is 14.2 Å². The first-order chi connectivity index (χ1) is 17.5. The van der Waals surface area contributed by atoms with Crippen LogP contribution in [0.15, 0.2) is 59.7 Å². The summed E-state index contributed by atoms with van der Waals surface area (Å²) in [6.07, 6.45) is 7.69. The molecule has 0 unspecified atom stereocenters. The molecule has 0 fully saturated rings. The number of fused-ring (bicyclic) bond motifs is 3.